The molecule has 0 saturated carbocycles. The highest BCUT2D eigenvalue weighted by Crippen LogP contribution is 2.24. The van der Waals surface area contributed by atoms with Gasteiger partial charge in [0, 0.05) is 23.3 Å². The molecule has 0 bridgehead atoms. The zero-order chi connectivity index (χ0) is 12.4. The van der Waals surface area contributed by atoms with Crippen LogP contribution < -0.4 is 11.1 Å². The fourth-order valence-electron chi connectivity index (χ4n) is 1.40. The lowest BCUT2D eigenvalue weighted by molar-refractivity contribution is 0.103. The van der Waals surface area contributed by atoms with Crippen molar-refractivity contribution in [1.29, 1.82) is 0 Å². The molecule has 2 heterocycles. The van der Waals surface area contributed by atoms with Crippen LogP contribution in [0.25, 0.3) is 0 Å². The molecule has 17 heavy (non-hydrogen) atoms. The lowest BCUT2D eigenvalue weighted by Gasteiger charge is -1.98. The number of nitrogens with one attached hydrogen (secondary N) is 1. The molecule has 0 fully saturated rings. The molecule has 0 aliphatic carbocycles. The van der Waals surface area contributed by atoms with Gasteiger partial charge in [-0.3, -0.25) is 9.48 Å². The summed E-state index contributed by atoms with van der Waals surface area (Å²) < 4.78 is 1.75. The third kappa shape index (κ3) is 2.47. The molecular formula is C11H14N4OS. The lowest BCUT2D eigenvalue weighted by Crippen LogP contribution is -2.09. The van der Waals surface area contributed by atoms with Gasteiger partial charge < -0.3 is 11.1 Å². The first-order chi connectivity index (χ1) is 8.10. The minimum absolute atomic E-state index is 0.148. The zero-order valence-corrected chi connectivity index (χ0v) is 10.5. The number of nitrogens with zero attached hydrogens (tertiary/aromatic N) is 2. The van der Waals surface area contributed by atoms with Crippen molar-refractivity contribution in [3.8, 4) is 0 Å². The Morgan fingerprint density at radius 3 is 2.94 bits per heavy atom. The second-order valence-electron chi connectivity index (χ2n) is 3.66. The van der Waals surface area contributed by atoms with Gasteiger partial charge in [0.15, 0.2) is 0 Å². The molecule has 90 valence electrons. The van der Waals surface area contributed by atoms with Crippen LogP contribution in [-0.2, 0) is 6.54 Å². The van der Waals surface area contributed by atoms with E-state index >= 15 is 0 Å². The number of hydrogen-bond donors (Lipinski definition) is 2. The number of carbonyl (C=O) groups is 1. The number of nitrogen functional groups attached to an aromatic ring is 1. The maximum atomic E-state index is 11.9. The molecule has 2 aromatic rings. The van der Waals surface area contributed by atoms with Gasteiger partial charge in [-0.25, -0.2) is 0 Å². The summed E-state index contributed by atoms with van der Waals surface area (Å²) in [7, 11) is 0. The maximum absolute atomic E-state index is 11.9. The molecule has 0 unspecified atom stereocenters. The maximum Gasteiger partial charge on any atom is 0.265 e. The molecule has 0 saturated heterocycles. The van der Waals surface area contributed by atoms with Gasteiger partial charge in [0.05, 0.1) is 16.8 Å². The van der Waals surface area contributed by atoms with Crippen molar-refractivity contribution in [1.82, 2.24) is 9.78 Å². The second kappa shape index (κ2) is 4.58. The number of thiophene rings is 1. The summed E-state index contributed by atoms with van der Waals surface area (Å²) in [5, 5.41) is 6.87. The van der Waals surface area contributed by atoms with Crippen LogP contribution in [0, 0.1) is 6.92 Å². The summed E-state index contributed by atoms with van der Waals surface area (Å²) in [6, 6.07) is 1.69. The average Bonchev–Trinajstić information content (AvgIpc) is 2.87. The summed E-state index contributed by atoms with van der Waals surface area (Å²) in [4.78, 5) is 13.5. The van der Waals surface area contributed by atoms with Crippen molar-refractivity contribution in [2.24, 2.45) is 0 Å². The van der Waals surface area contributed by atoms with Gasteiger partial charge >= 0.3 is 0 Å². The lowest BCUT2D eigenvalue weighted by atomic mass is 10.3. The highest BCUT2D eigenvalue weighted by molar-refractivity contribution is 7.14. The summed E-state index contributed by atoms with van der Waals surface area (Å²) in [5.41, 5.74) is 7.06. The Bertz CT molecular complexity index is 524. The normalized spacial score (nSPS) is 10.5. The van der Waals surface area contributed by atoms with Crippen LogP contribution in [0.15, 0.2) is 18.5 Å². The van der Waals surface area contributed by atoms with Crippen LogP contribution in [0.2, 0.25) is 0 Å². The van der Waals surface area contributed by atoms with Gasteiger partial charge in [-0.1, -0.05) is 0 Å². The van der Waals surface area contributed by atoms with Gasteiger partial charge in [-0.15, -0.1) is 11.3 Å². The molecule has 6 heteroatoms. The molecule has 0 aliphatic heterocycles. The summed E-state index contributed by atoms with van der Waals surface area (Å²) in [6.45, 7) is 4.66. The summed E-state index contributed by atoms with van der Waals surface area (Å²) >= 11 is 1.39. The Balaban J connectivity index is 2.11. The Kier molecular flexibility index (Phi) is 3.14. The van der Waals surface area contributed by atoms with Crippen molar-refractivity contribution in [3.63, 3.8) is 0 Å². The molecule has 0 radical (unpaired) electrons. The molecule has 2 rings (SSSR count). The molecule has 0 spiro atoms. The number of anilines is 2. The highest BCUT2D eigenvalue weighted by atomic mass is 32.1. The predicted molar refractivity (Wildman–Crippen MR) is 69.3 cm³/mol. The van der Waals surface area contributed by atoms with Crippen LogP contribution in [-0.4, -0.2) is 15.7 Å². The number of nitrogens with two attached hydrogens (primary N) is 1. The third-order valence-corrected chi connectivity index (χ3v) is 3.46. The fourth-order valence-corrected chi connectivity index (χ4v) is 2.24. The molecule has 0 atom stereocenters. The number of rotatable bonds is 3. The van der Waals surface area contributed by atoms with Crippen molar-refractivity contribution in [3.05, 3.63) is 28.2 Å². The quantitative estimate of drug-likeness (QED) is 0.876. The minimum atomic E-state index is -0.148. The second-order valence-corrected chi connectivity index (χ2v) is 4.92. The van der Waals surface area contributed by atoms with Crippen LogP contribution in [0.5, 0.6) is 0 Å². The van der Waals surface area contributed by atoms with Gasteiger partial charge in [-0.2, -0.15) is 5.10 Å². The molecule has 0 aromatic carbocycles. The van der Waals surface area contributed by atoms with Crippen molar-refractivity contribution in [2.75, 3.05) is 11.1 Å². The first-order valence-corrected chi connectivity index (χ1v) is 6.11. The van der Waals surface area contributed by atoms with Gasteiger partial charge in [-0.05, 0) is 19.9 Å². The zero-order valence-electron chi connectivity index (χ0n) is 9.73. The Morgan fingerprint density at radius 1 is 1.65 bits per heavy atom. The van der Waals surface area contributed by atoms with Crippen LogP contribution in [0.3, 0.4) is 0 Å². The van der Waals surface area contributed by atoms with E-state index in [0.717, 1.165) is 11.4 Å². The van der Waals surface area contributed by atoms with Crippen LogP contribution >= 0.6 is 11.3 Å². The van der Waals surface area contributed by atoms with E-state index in [2.05, 4.69) is 10.4 Å². The van der Waals surface area contributed by atoms with E-state index < -0.39 is 0 Å². The Labute approximate surface area is 103 Å². The summed E-state index contributed by atoms with van der Waals surface area (Å²) in [5.74, 6) is -0.148. The summed E-state index contributed by atoms with van der Waals surface area (Å²) in [6.07, 6.45) is 3.42. The molecule has 5 nitrogen and oxygen atoms in total. The van der Waals surface area contributed by atoms with Gasteiger partial charge in [0.2, 0.25) is 0 Å². The van der Waals surface area contributed by atoms with Crippen LogP contribution in [0.1, 0.15) is 21.5 Å². The molecular weight excluding hydrogens is 236 g/mol. The SMILES string of the molecule is CCn1cc(NC(=O)c2cc(N)c(C)s2)cn1. The topological polar surface area (TPSA) is 72.9 Å². The first kappa shape index (κ1) is 11.7. The van der Waals surface area contributed by atoms with E-state index in [1.807, 2.05) is 13.8 Å². The molecule has 0 aliphatic rings. The van der Waals surface area contributed by atoms with Crippen molar-refractivity contribution >= 4 is 28.6 Å². The molecule has 2 aromatic heterocycles. The van der Waals surface area contributed by atoms with Gasteiger partial charge in [0.25, 0.3) is 5.91 Å². The number of carbonyl (C=O) groups excluding carboxylic acids is 1. The third-order valence-electron chi connectivity index (χ3n) is 2.40. The smallest absolute Gasteiger partial charge is 0.265 e. The fraction of sp³-hybridized carbons (Fsp3) is 0.273. The van der Waals surface area contributed by atoms with E-state index in [9.17, 15) is 4.79 Å². The number of hydrogen-bond acceptors (Lipinski definition) is 4. The minimum Gasteiger partial charge on any atom is -0.398 e. The number of amides is 1. The highest BCUT2D eigenvalue weighted by Gasteiger charge is 2.11. The van der Waals surface area contributed by atoms with E-state index in [-0.39, 0.29) is 5.91 Å². The Hall–Kier alpha value is -1.82. The standard InChI is InChI=1S/C11H14N4OS/c1-3-15-6-8(5-13-15)14-11(16)10-4-9(12)7(2)17-10/h4-6H,3,12H2,1-2H3,(H,14,16). The van der Waals surface area contributed by atoms with E-state index in [1.54, 1.807) is 23.1 Å². The van der Waals surface area contributed by atoms with Crippen molar-refractivity contribution < 1.29 is 4.79 Å². The monoisotopic (exact) mass is 250 g/mol. The number of aromatic nitrogens is 2. The van der Waals surface area contributed by atoms with Crippen molar-refractivity contribution in [2.45, 2.75) is 20.4 Å². The Morgan fingerprint density at radius 2 is 2.41 bits per heavy atom. The van der Waals surface area contributed by atoms with E-state index in [4.69, 9.17) is 5.73 Å². The van der Waals surface area contributed by atoms with E-state index in [1.165, 1.54) is 11.3 Å². The molecule has 3 N–H and O–H groups in total. The number of aryl methyl sites for hydroxylation is 2. The predicted octanol–water partition coefficient (Wildman–Crippen LogP) is 2.11. The largest absolute Gasteiger partial charge is 0.398 e. The molecule has 1 amide bonds. The first-order valence-electron chi connectivity index (χ1n) is 5.30. The van der Waals surface area contributed by atoms with Gasteiger partial charge in [0.1, 0.15) is 0 Å². The van der Waals surface area contributed by atoms with E-state index in [0.29, 0.717) is 16.3 Å². The average molecular weight is 250 g/mol. The van der Waals surface area contributed by atoms with Crippen LogP contribution in [0.4, 0.5) is 11.4 Å².